The summed E-state index contributed by atoms with van der Waals surface area (Å²) in [5, 5.41) is 7.80. The SMILES string of the molecule is CCCc1ccnc(-n2c3ccccc3c3ccc(Oc4cc(-n5nc(CC)c(C6C(CC)=CCC[C@@H]6CC)c5CC)cc(C(C)(C)C)c4)cc32)c1. The Balaban J connectivity index is 1.36. The predicted octanol–water partition coefficient (Wildman–Crippen LogP) is 12.8. The van der Waals surface area contributed by atoms with E-state index in [-0.39, 0.29) is 5.41 Å². The van der Waals surface area contributed by atoms with Crippen LogP contribution in [0.2, 0.25) is 0 Å². The normalized spacial score (nSPS) is 16.5. The molecule has 3 heterocycles. The molecule has 7 rings (SSSR count). The average molecular weight is 693 g/mol. The Kier molecular flexibility index (Phi) is 10.2. The van der Waals surface area contributed by atoms with Crippen molar-refractivity contribution in [3.8, 4) is 23.0 Å². The van der Waals surface area contributed by atoms with Gasteiger partial charge in [0, 0.05) is 46.3 Å². The molecule has 0 bridgehead atoms. The van der Waals surface area contributed by atoms with E-state index in [4.69, 9.17) is 14.8 Å². The molecule has 0 amide bonds. The third kappa shape index (κ3) is 6.59. The van der Waals surface area contributed by atoms with E-state index in [1.807, 2.05) is 6.20 Å². The van der Waals surface area contributed by atoms with Crippen molar-refractivity contribution in [1.82, 2.24) is 19.3 Å². The molecule has 0 N–H and O–H groups in total. The number of fused-ring (bicyclic) bond motifs is 3. The average Bonchev–Trinajstić information content (AvgIpc) is 3.69. The van der Waals surface area contributed by atoms with Crippen LogP contribution in [0.25, 0.3) is 33.3 Å². The zero-order valence-corrected chi connectivity index (χ0v) is 32.6. The molecule has 3 aromatic carbocycles. The lowest BCUT2D eigenvalue weighted by Gasteiger charge is -2.33. The number of hydrogen-bond acceptors (Lipinski definition) is 3. The van der Waals surface area contributed by atoms with Gasteiger partial charge in [-0.2, -0.15) is 5.10 Å². The molecule has 1 aliphatic rings. The number of nitrogens with zero attached hydrogens (tertiary/aromatic N) is 4. The molecular weight excluding hydrogens is 637 g/mol. The summed E-state index contributed by atoms with van der Waals surface area (Å²) >= 11 is 0. The van der Waals surface area contributed by atoms with Crippen LogP contribution < -0.4 is 4.74 Å². The third-order valence-corrected chi connectivity index (χ3v) is 11.3. The number of aryl methyl sites for hydroxylation is 2. The molecule has 5 nitrogen and oxygen atoms in total. The summed E-state index contributed by atoms with van der Waals surface area (Å²) in [5.74, 6) is 3.66. The Hall–Kier alpha value is -4.64. The van der Waals surface area contributed by atoms with Gasteiger partial charge in [-0.05, 0) is 103 Å². The van der Waals surface area contributed by atoms with Gasteiger partial charge in [0.25, 0.3) is 0 Å². The highest BCUT2D eigenvalue weighted by Crippen LogP contribution is 2.45. The third-order valence-electron chi connectivity index (χ3n) is 11.3. The number of aromatic nitrogens is 4. The second kappa shape index (κ2) is 14.8. The summed E-state index contributed by atoms with van der Waals surface area (Å²) in [6.07, 6.45) is 13.2. The summed E-state index contributed by atoms with van der Waals surface area (Å²) in [6.45, 7) is 18.3. The van der Waals surface area contributed by atoms with Gasteiger partial charge in [0.1, 0.15) is 17.3 Å². The molecule has 2 atom stereocenters. The van der Waals surface area contributed by atoms with E-state index in [9.17, 15) is 0 Å². The molecule has 0 saturated heterocycles. The fourth-order valence-corrected chi connectivity index (χ4v) is 8.62. The van der Waals surface area contributed by atoms with Crippen molar-refractivity contribution < 1.29 is 4.74 Å². The Morgan fingerprint density at radius 3 is 2.35 bits per heavy atom. The number of benzene rings is 3. The number of pyridine rings is 1. The van der Waals surface area contributed by atoms with Crippen molar-refractivity contribution in [3.05, 3.63) is 119 Å². The van der Waals surface area contributed by atoms with E-state index >= 15 is 0 Å². The minimum atomic E-state index is -0.0790. The van der Waals surface area contributed by atoms with Crippen LogP contribution in [0.4, 0.5) is 0 Å². The molecule has 52 heavy (non-hydrogen) atoms. The highest BCUT2D eigenvalue weighted by Gasteiger charge is 2.33. The van der Waals surface area contributed by atoms with Crippen LogP contribution in [-0.2, 0) is 24.7 Å². The van der Waals surface area contributed by atoms with Gasteiger partial charge in [-0.25, -0.2) is 9.67 Å². The fraction of sp³-hybridized carbons (Fsp3) is 0.404. The molecule has 6 aromatic rings. The van der Waals surface area contributed by atoms with E-state index in [0.29, 0.717) is 11.8 Å². The first-order chi connectivity index (χ1) is 25.2. The Morgan fingerprint density at radius 2 is 1.62 bits per heavy atom. The van der Waals surface area contributed by atoms with Crippen LogP contribution >= 0.6 is 0 Å². The largest absolute Gasteiger partial charge is 0.457 e. The zero-order chi connectivity index (χ0) is 36.6. The van der Waals surface area contributed by atoms with Crippen LogP contribution in [-0.4, -0.2) is 19.3 Å². The number of allylic oxidation sites excluding steroid dienone is 2. The van der Waals surface area contributed by atoms with Crippen molar-refractivity contribution >= 4 is 21.8 Å². The van der Waals surface area contributed by atoms with E-state index in [1.165, 1.54) is 58.1 Å². The molecule has 1 aliphatic carbocycles. The standard InChI is InChI=1S/C47H56N4O/c1-9-17-31-24-25-48-44(26-31)50-42-21-15-14-20-38(42)39-23-22-36(30-43(39)50)52-37-28-34(47(6,7)8)27-35(29-37)51-41(13-5)46(40(12-4)49-51)45-32(10-2)18-16-19-33(45)11-3/h14-15,18,20-30,33,45H,9-13,16-17,19H2,1-8H3/t33-,45?/m0/s1. The van der Waals surface area contributed by atoms with E-state index < -0.39 is 0 Å². The van der Waals surface area contributed by atoms with Crippen LogP contribution in [0.5, 0.6) is 11.5 Å². The van der Waals surface area contributed by atoms with Gasteiger partial charge < -0.3 is 4.74 Å². The second-order valence-corrected chi connectivity index (χ2v) is 15.7. The first-order valence-electron chi connectivity index (χ1n) is 19.8. The van der Waals surface area contributed by atoms with Gasteiger partial charge in [-0.1, -0.05) is 98.1 Å². The van der Waals surface area contributed by atoms with Gasteiger partial charge in [0.05, 0.1) is 22.4 Å². The molecule has 0 aliphatic heterocycles. The van der Waals surface area contributed by atoms with E-state index in [2.05, 4.69) is 144 Å². The monoisotopic (exact) mass is 692 g/mol. The lowest BCUT2D eigenvalue weighted by Crippen LogP contribution is -2.20. The van der Waals surface area contributed by atoms with Gasteiger partial charge in [0.2, 0.25) is 0 Å². The van der Waals surface area contributed by atoms with Gasteiger partial charge in [0.15, 0.2) is 0 Å². The molecular formula is C47H56N4O. The minimum absolute atomic E-state index is 0.0790. The lowest BCUT2D eigenvalue weighted by atomic mass is 9.71. The van der Waals surface area contributed by atoms with Gasteiger partial charge in [-0.3, -0.25) is 4.57 Å². The maximum absolute atomic E-state index is 6.87. The molecule has 1 unspecified atom stereocenters. The summed E-state index contributed by atoms with van der Waals surface area (Å²) in [7, 11) is 0. The van der Waals surface area contributed by atoms with Crippen molar-refractivity contribution in [2.45, 2.75) is 118 Å². The molecule has 0 fully saturated rings. The lowest BCUT2D eigenvalue weighted by molar-refractivity contribution is 0.392. The number of hydrogen-bond donors (Lipinski definition) is 0. The highest BCUT2D eigenvalue weighted by atomic mass is 16.5. The summed E-state index contributed by atoms with van der Waals surface area (Å²) in [5.41, 5.74) is 11.4. The van der Waals surface area contributed by atoms with Gasteiger partial charge in [-0.15, -0.1) is 0 Å². The Morgan fingerprint density at radius 1 is 0.808 bits per heavy atom. The van der Waals surface area contributed by atoms with Crippen LogP contribution in [0.1, 0.15) is 121 Å². The number of para-hydroxylation sites is 1. The summed E-state index contributed by atoms with van der Waals surface area (Å²) < 4.78 is 11.4. The van der Waals surface area contributed by atoms with Crippen LogP contribution in [0.15, 0.2) is 90.6 Å². The zero-order valence-electron chi connectivity index (χ0n) is 32.6. The van der Waals surface area contributed by atoms with Gasteiger partial charge >= 0.3 is 0 Å². The Bertz CT molecular complexity index is 2240. The van der Waals surface area contributed by atoms with E-state index in [1.54, 1.807) is 5.57 Å². The molecule has 3 aromatic heterocycles. The molecule has 0 saturated carbocycles. The molecule has 0 radical (unpaired) electrons. The smallest absolute Gasteiger partial charge is 0.137 e. The van der Waals surface area contributed by atoms with Crippen molar-refractivity contribution in [2.75, 3.05) is 0 Å². The quantitative estimate of drug-likeness (QED) is 0.127. The van der Waals surface area contributed by atoms with Crippen molar-refractivity contribution in [1.29, 1.82) is 0 Å². The number of rotatable bonds is 11. The molecule has 5 heteroatoms. The first-order valence-corrected chi connectivity index (χ1v) is 19.8. The minimum Gasteiger partial charge on any atom is -0.457 e. The first kappa shape index (κ1) is 35.7. The Labute approximate surface area is 310 Å². The molecule has 270 valence electrons. The van der Waals surface area contributed by atoms with Crippen LogP contribution in [0.3, 0.4) is 0 Å². The van der Waals surface area contributed by atoms with Crippen molar-refractivity contribution in [3.63, 3.8) is 0 Å². The number of ether oxygens (including phenoxy) is 1. The second-order valence-electron chi connectivity index (χ2n) is 15.7. The maximum atomic E-state index is 6.87. The molecule has 0 spiro atoms. The van der Waals surface area contributed by atoms with E-state index in [0.717, 1.165) is 66.1 Å². The summed E-state index contributed by atoms with van der Waals surface area (Å²) in [6, 6.07) is 26.2. The maximum Gasteiger partial charge on any atom is 0.137 e. The van der Waals surface area contributed by atoms with Crippen LogP contribution in [0, 0.1) is 5.92 Å². The predicted molar refractivity (Wildman–Crippen MR) is 218 cm³/mol. The fourth-order valence-electron chi connectivity index (χ4n) is 8.62. The van der Waals surface area contributed by atoms with Crippen molar-refractivity contribution in [2.24, 2.45) is 5.92 Å². The highest BCUT2D eigenvalue weighted by molar-refractivity contribution is 6.09. The topological polar surface area (TPSA) is 44.9 Å². The summed E-state index contributed by atoms with van der Waals surface area (Å²) in [4.78, 5) is 4.86.